The predicted octanol–water partition coefficient (Wildman–Crippen LogP) is 3.98. The molecule has 2 aromatic carbocycles. The van der Waals surface area contributed by atoms with Crippen LogP contribution in [-0.4, -0.2) is 18.5 Å². The number of ether oxygens (including phenoxy) is 2. The molecule has 0 aliphatic rings. The zero-order valence-electron chi connectivity index (χ0n) is 11.2. The second kappa shape index (κ2) is 7.08. The van der Waals surface area contributed by atoms with Crippen LogP contribution in [0.5, 0.6) is 11.5 Å². The Morgan fingerprint density at radius 2 is 2.00 bits per heavy atom. The van der Waals surface area contributed by atoms with Crippen LogP contribution in [-0.2, 0) is 6.61 Å². The van der Waals surface area contributed by atoms with E-state index in [1.807, 2.05) is 0 Å². The molecule has 0 fully saturated rings. The van der Waals surface area contributed by atoms with E-state index < -0.39 is 0 Å². The lowest BCUT2D eigenvalue weighted by Gasteiger charge is -2.14. The molecular weight excluding hydrogens is 341 g/mol. The van der Waals surface area contributed by atoms with E-state index in [4.69, 9.17) is 14.7 Å². The molecule has 1 N–H and O–H groups in total. The monoisotopic (exact) mass is 353 g/mol. The molecule has 0 saturated carbocycles. The molecule has 0 spiro atoms. The van der Waals surface area contributed by atoms with Gasteiger partial charge in [0.15, 0.2) is 11.5 Å². The molecule has 2 aromatic rings. The van der Waals surface area contributed by atoms with Gasteiger partial charge < -0.3 is 14.7 Å². The number of rotatable bonds is 5. The molecule has 2 rings (SSSR count). The van der Waals surface area contributed by atoms with E-state index in [0.29, 0.717) is 17.1 Å². The normalized spacial score (nSPS) is 10.8. The summed E-state index contributed by atoms with van der Waals surface area (Å²) >= 11 is 3.34. The van der Waals surface area contributed by atoms with Crippen LogP contribution < -0.4 is 9.47 Å². The molecule has 0 heterocycles. The van der Waals surface area contributed by atoms with Crippen LogP contribution in [0.25, 0.3) is 0 Å². The van der Waals surface area contributed by atoms with Crippen molar-refractivity contribution in [1.29, 1.82) is 0 Å². The minimum atomic E-state index is -0.298. The van der Waals surface area contributed by atoms with Gasteiger partial charge in [0.1, 0.15) is 12.4 Å². The third-order valence-electron chi connectivity index (χ3n) is 2.76. The van der Waals surface area contributed by atoms with Gasteiger partial charge >= 0.3 is 0 Å². The van der Waals surface area contributed by atoms with E-state index >= 15 is 0 Å². The number of methoxy groups -OCH3 is 1. The summed E-state index contributed by atoms with van der Waals surface area (Å²) in [6.45, 7) is 0.241. The molecule has 0 saturated heterocycles. The zero-order chi connectivity index (χ0) is 15.2. The minimum Gasteiger partial charge on any atom is -0.493 e. The molecule has 110 valence electrons. The van der Waals surface area contributed by atoms with Gasteiger partial charge in [0.2, 0.25) is 0 Å². The Kier molecular flexibility index (Phi) is 5.16. The number of halogens is 2. The molecule has 0 aliphatic heterocycles. The Balaban J connectivity index is 2.27. The van der Waals surface area contributed by atoms with E-state index in [0.717, 1.165) is 10.0 Å². The van der Waals surface area contributed by atoms with Gasteiger partial charge in [0.05, 0.1) is 13.3 Å². The molecule has 0 aromatic heterocycles. The summed E-state index contributed by atoms with van der Waals surface area (Å²) in [5.74, 6) is 0.650. The van der Waals surface area contributed by atoms with E-state index in [1.54, 1.807) is 24.3 Å². The summed E-state index contributed by atoms with van der Waals surface area (Å²) in [6.07, 6.45) is 1.26. The molecule has 0 amide bonds. The first-order valence-electron chi connectivity index (χ1n) is 6.06. The van der Waals surface area contributed by atoms with E-state index in [-0.39, 0.29) is 12.4 Å². The van der Waals surface area contributed by atoms with Crippen LogP contribution in [0.2, 0.25) is 0 Å². The van der Waals surface area contributed by atoms with Gasteiger partial charge in [-0.3, -0.25) is 0 Å². The van der Waals surface area contributed by atoms with Crippen molar-refractivity contribution in [2.75, 3.05) is 7.11 Å². The zero-order valence-corrected chi connectivity index (χ0v) is 12.8. The topological polar surface area (TPSA) is 51.0 Å². The number of hydrogen-bond acceptors (Lipinski definition) is 4. The largest absolute Gasteiger partial charge is 0.493 e. The minimum absolute atomic E-state index is 0.241. The van der Waals surface area contributed by atoms with Crippen LogP contribution >= 0.6 is 15.9 Å². The summed E-state index contributed by atoms with van der Waals surface area (Å²) < 4.78 is 24.6. The lowest BCUT2D eigenvalue weighted by molar-refractivity contribution is 0.283. The second-order valence-electron chi connectivity index (χ2n) is 4.19. The highest BCUT2D eigenvalue weighted by Gasteiger charge is 2.12. The van der Waals surface area contributed by atoms with Crippen molar-refractivity contribution in [3.05, 3.63) is 57.8 Å². The number of oxime groups is 1. The molecule has 0 aliphatic carbocycles. The third-order valence-corrected chi connectivity index (χ3v) is 3.22. The molecule has 0 bridgehead atoms. The summed E-state index contributed by atoms with van der Waals surface area (Å²) in [6, 6.07) is 9.50. The quantitative estimate of drug-likeness (QED) is 0.502. The number of nitrogens with zero attached hydrogens (tertiary/aromatic N) is 1. The van der Waals surface area contributed by atoms with Crippen molar-refractivity contribution in [2.45, 2.75) is 6.61 Å². The number of hydrogen-bond donors (Lipinski definition) is 1. The van der Waals surface area contributed by atoms with E-state index in [2.05, 4.69) is 21.1 Å². The Morgan fingerprint density at radius 1 is 1.29 bits per heavy atom. The van der Waals surface area contributed by atoms with Gasteiger partial charge in [-0.25, -0.2) is 4.39 Å². The summed E-state index contributed by atoms with van der Waals surface area (Å²) in [7, 11) is 1.52. The maximum Gasteiger partial charge on any atom is 0.170 e. The molecule has 0 unspecified atom stereocenters. The van der Waals surface area contributed by atoms with Gasteiger partial charge in [0.25, 0.3) is 0 Å². The highest BCUT2D eigenvalue weighted by atomic mass is 79.9. The highest BCUT2D eigenvalue weighted by Crippen LogP contribution is 2.34. The maximum atomic E-state index is 12.9. The average Bonchev–Trinajstić information content (AvgIpc) is 2.47. The predicted molar refractivity (Wildman–Crippen MR) is 80.8 cm³/mol. The van der Waals surface area contributed by atoms with Crippen LogP contribution in [0.1, 0.15) is 11.1 Å². The van der Waals surface area contributed by atoms with Crippen molar-refractivity contribution in [2.24, 2.45) is 5.16 Å². The third kappa shape index (κ3) is 3.95. The Bertz CT molecular complexity index is 644. The Labute approximate surface area is 129 Å². The van der Waals surface area contributed by atoms with Crippen molar-refractivity contribution in [1.82, 2.24) is 0 Å². The lowest BCUT2D eigenvalue weighted by atomic mass is 10.2. The van der Waals surface area contributed by atoms with Gasteiger partial charge in [-0.15, -0.1) is 0 Å². The molecule has 0 atom stereocenters. The van der Waals surface area contributed by atoms with Crippen LogP contribution in [0.15, 0.2) is 46.0 Å². The molecular formula is C15H13BrFNO3. The maximum absolute atomic E-state index is 12.9. The number of benzene rings is 2. The van der Waals surface area contributed by atoms with Crippen molar-refractivity contribution in [3.63, 3.8) is 0 Å². The smallest absolute Gasteiger partial charge is 0.170 e. The highest BCUT2D eigenvalue weighted by molar-refractivity contribution is 9.10. The van der Waals surface area contributed by atoms with Gasteiger partial charge in [0, 0.05) is 10.0 Å². The first-order chi connectivity index (χ1) is 10.1. The van der Waals surface area contributed by atoms with Crippen molar-refractivity contribution in [3.8, 4) is 11.5 Å². The first kappa shape index (κ1) is 15.3. The van der Waals surface area contributed by atoms with E-state index in [9.17, 15) is 4.39 Å². The fraction of sp³-hybridized carbons (Fsp3) is 0.133. The molecule has 4 nitrogen and oxygen atoms in total. The SMILES string of the molecule is COc1cc(Br)cc(C=NO)c1OCc1ccc(F)cc1. The molecule has 21 heavy (non-hydrogen) atoms. The van der Waals surface area contributed by atoms with Crippen LogP contribution in [0, 0.1) is 5.82 Å². The lowest BCUT2D eigenvalue weighted by Crippen LogP contribution is -2.01. The van der Waals surface area contributed by atoms with Crippen LogP contribution in [0.3, 0.4) is 0 Å². The van der Waals surface area contributed by atoms with Crippen molar-refractivity contribution < 1.29 is 19.1 Å². The van der Waals surface area contributed by atoms with Crippen LogP contribution in [0.4, 0.5) is 4.39 Å². The summed E-state index contributed by atoms with van der Waals surface area (Å²) in [5, 5.41) is 11.7. The fourth-order valence-electron chi connectivity index (χ4n) is 1.79. The first-order valence-corrected chi connectivity index (χ1v) is 6.85. The molecule has 6 heteroatoms. The van der Waals surface area contributed by atoms with E-state index in [1.165, 1.54) is 25.5 Å². The Hall–Kier alpha value is -2.08. The van der Waals surface area contributed by atoms with Gasteiger partial charge in [-0.05, 0) is 29.8 Å². The molecule has 0 radical (unpaired) electrons. The fourth-order valence-corrected chi connectivity index (χ4v) is 2.24. The summed E-state index contributed by atoms with van der Waals surface area (Å²) in [4.78, 5) is 0. The Morgan fingerprint density at radius 3 is 2.62 bits per heavy atom. The average molecular weight is 354 g/mol. The second-order valence-corrected chi connectivity index (χ2v) is 5.10. The van der Waals surface area contributed by atoms with Gasteiger partial charge in [-0.2, -0.15) is 0 Å². The summed E-state index contributed by atoms with van der Waals surface area (Å²) in [5.41, 5.74) is 1.37. The van der Waals surface area contributed by atoms with Crippen molar-refractivity contribution >= 4 is 22.1 Å². The standard InChI is InChI=1S/C15H13BrFNO3/c1-20-14-7-12(16)6-11(8-18-19)15(14)21-9-10-2-4-13(17)5-3-10/h2-8,19H,9H2,1H3. The van der Waals surface area contributed by atoms with Gasteiger partial charge in [-0.1, -0.05) is 33.2 Å².